The van der Waals surface area contributed by atoms with Gasteiger partial charge in [0, 0.05) is 18.3 Å². The first-order valence-electron chi connectivity index (χ1n) is 6.39. The van der Waals surface area contributed by atoms with Crippen molar-refractivity contribution >= 4 is 0 Å². The average Bonchev–Trinajstić information content (AvgIpc) is 2.70. The Labute approximate surface area is 118 Å². The second-order valence-electron chi connectivity index (χ2n) is 4.73. The largest absolute Gasteiger partial charge is 0.493 e. The van der Waals surface area contributed by atoms with Gasteiger partial charge in [-0.3, -0.25) is 4.68 Å². The number of nitrogens with zero attached hydrogens (tertiary/aromatic N) is 2. The van der Waals surface area contributed by atoms with E-state index in [4.69, 9.17) is 9.47 Å². The second-order valence-corrected chi connectivity index (χ2v) is 4.73. The molecule has 1 unspecified atom stereocenters. The van der Waals surface area contributed by atoms with E-state index in [0.29, 0.717) is 11.5 Å². The van der Waals surface area contributed by atoms with Gasteiger partial charge in [0.05, 0.1) is 19.9 Å². The van der Waals surface area contributed by atoms with Crippen molar-refractivity contribution < 1.29 is 14.6 Å². The Bertz CT molecular complexity index is 620. The number of aromatic nitrogens is 2. The van der Waals surface area contributed by atoms with E-state index >= 15 is 0 Å². The highest BCUT2D eigenvalue weighted by Crippen LogP contribution is 2.33. The standard InChI is InChI=1S/C15H20N2O3/c1-9-14(10(2)17(3)16-9)15(18)11-6-7-12(19-4)13(8-11)20-5/h6-8,15,18H,1-5H3. The van der Waals surface area contributed by atoms with Gasteiger partial charge in [0.15, 0.2) is 11.5 Å². The molecule has 1 aromatic heterocycles. The number of aliphatic hydroxyl groups is 1. The molecule has 0 aliphatic heterocycles. The monoisotopic (exact) mass is 276 g/mol. The Morgan fingerprint density at radius 3 is 2.30 bits per heavy atom. The minimum atomic E-state index is -0.733. The first kappa shape index (κ1) is 14.4. The molecule has 1 N–H and O–H groups in total. The number of aliphatic hydroxyl groups excluding tert-OH is 1. The average molecular weight is 276 g/mol. The number of methoxy groups -OCH3 is 2. The summed E-state index contributed by atoms with van der Waals surface area (Å²) in [5, 5.41) is 14.9. The van der Waals surface area contributed by atoms with Crippen molar-refractivity contribution in [1.82, 2.24) is 9.78 Å². The molecule has 0 amide bonds. The molecule has 1 aromatic carbocycles. The Hall–Kier alpha value is -2.01. The summed E-state index contributed by atoms with van der Waals surface area (Å²) in [5.41, 5.74) is 3.36. The summed E-state index contributed by atoms with van der Waals surface area (Å²) in [4.78, 5) is 0. The third-order valence-electron chi connectivity index (χ3n) is 3.56. The van der Waals surface area contributed by atoms with Gasteiger partial charge in [-0.15, -0.1) is 0 Å². The summed E-state index contributed by atoms with van der Waals surface area (Å²) in [6.07, 6.45) is -0.733. The van der Waals surface area contributed by atoms with Gasteiger partial charge in [0.25, 0.3) is 0 Å². The Kier molecular flexibility index (Phi) is 3.99. The first-order valence-corrected chi connectivity index (χ1v) is 6.39. The highest BCUT2D eigenvalue weighted by Gasteiger charge is 2.20. The van der Waals surface area contributed by atoms with Crippen molar-refractivity contribution in [2.45, 2.75) is 20.0 Å². The van der Waals surface area contributed by atoms with E-state index in [0.717, 1.165) is 22.5 Å². The SMILES string of the molecule is COc1ccc(C(O)c2c(C)nn(C)c2C)cc1OC. The minimum Gasteiger partial charge on any atom is -0.493 e. The van der Waals surface area contributed by atoms with Crippen LogP contribution in [0.1, 0.15) is 28.6 Å². The van der Waals surface area contributed by atoms with Gasteiger partial charge < -0.3 is 14.6 Å². The Balaban J connectivity index is 2.45. The lowest BCUT2D eigenvalue weighted by molar-refractivity contribution is 0.218. The predicted octanol–water partition coefficient (Wildman–Crippen LogP) is 2.14. The van der Waals surface area contributed by atoms with Gasteiger partial charge in [-0.05, 0) is 31.5 Å². The normalized spacial score (nSPS) is 12.3. The van der Waals surface area contributed by atoms with Gasteiger partial charge in [-0.2, -0.15) is 5.10 Å². The molecular weight excluding hydrogens is 256 g/mol. The molecule has 20 heavy (non-hydrogen) atoms. The zero-order valence-corrected chi connectivity index (χ0v) is 12.5. The molecule has 2 rings (SSSR count). The Morgan fingerprint density at radius 2 is 1.80 bits per heavy atom. The maximum absolute atomic E-state index is 10.6. The fraction of sp³-hybridized carbons (Fsp3) is 0.400. The topological polar surface area (TPSA) is 56.5 Å². The van der Waals surface area contributed by atoms with E-state index in [1.807, 2.05) is 27.0 Å². The zero-order valence-electron chi connectivity index (χ0n) is 12.5. The molecule has 5 nitrogen and oxygen atoms in total. The lowest BCUT2D eigenvalue weighted by Crippen LogP contribution is -2.04. The van der Waals surface area contributed by atoms with Crippen molar-refractivity contribution in [2.75, 3.05) is 14.2 Å². The highest BCUT2D eigenvalue weighted by atomic mass is 16.5. The van der Waals surface area contributed by atoms with E-state index in [1.165, 1.54) is 0 Å². The summed E-state index contributed by atoms with van der Waals surface area (Å²) in [5.74, 6) is 1.24. The van der Waals surface area contributed by atoms with Crippen LogP contribution in [0.4, 0.5) is 0 Å². The van der Waals surface area contributed by atoms with E-state index in [9.17, 15) is 5.11 Å². The van der Waals surface area contributed by atoms with Crippen LogP contribution >= 0.6 is 0 Å². The highest BCUT2D eigenvalue weighted by molar-refractivity contribution is 5.46. The van der Waals surface area contributed by atoms with Crippen molar-refractivity contribution in [3.05, 3.63) is 40.7 Å². The molecule has 0 aliphatic carbocycles. The summed E-state index contributed by atoms with van der Waals surface area (Å²) in [6, 6.07) is 5.41. The number of ether oxygens (including phenoxy) is 2. The molecule has 0 radical (unpaired) electrons. The van der Waals surface area contributed by atoms with Crippen molar-refractivity contribution in [3.63, 3.8) is 0 Å². The summed E-state index contributed by atoms with van der Waals surface area (Å²) >= 11 is 0. The van der Waals surface area contributed by atoms with Crippen LogP contribution in [0.25, 0.3) is 0 Å². The van der Waals surface area contributed by atoms with Gasteiger partial charge in [-0.1, -0.05) is 6.07 Å². The first-order chi connectivity index (χ1) is 9.49. The molecule has 0 fully saturated rings. The maximum atomic E-state index is 10.6. The number of hydrogen-bond acceptors (Lipinski definition) is 4. The second kappa shape index (κ2) is 5.54. The molecule has 108 valence electrons. The summed E-state index contributed by atoms with van der Waals surface area (Å²) in [6.45, 7) is 3.84. The van der Waals surface area contributed by atoms with E-state index in [2.05, 4.69) is 5.10 Å². The van der Waals surface area contributed by atoms with Crippen LogP contribution in [0.15, 0.2) is 18.2 Å². The van der Waals surface area contributed by atoms with Gasteiger partial charge in [0.1, 0.15) is 6.10 Å². The maximum Gasteiger partial charge on any atom is 0.161 e. The van der Waals surface area contributed by atoms with Crippen LogP contribution in [0.3, 0.4) is 0 Å². The van der Waals surface area contributed by atoms with Crippen molar-refractivity contribution in [3.8, 4) is 11.5 Å². The minimum absolute atomic E-state index is 0.600. The fourth-order valence-corrected chi connectivity index (χ4v) is 2.38. The number of aryl methyl sites for hydroxylation is 2. The van der Waals surface area contributed by atoms with Crippen LogP contribution < -0.4 is 9.47 Å². The zero-order chi connectivity index (χ0) is 14.9. The van der Waals surface area contributed by atoms with Crippen LogP contribution in [-0.4, -0.2) is 29.1 Å². The molecule has 0 saturated heterocycles. The quantitative estimate of drug-likeness (QED) is 0.929. The number of benzene rings is 1. The summed E-state index contributed by atoms with van der Waals surface area (Å²) < 4.78 is 12.2. The molecule has 5 heteroatoms. The molecule has 0 saturated carbocycles. The fourth-order valence-electron chi connectivity index (χ4n) is 2.38. The molecule has 0 aliphatic rings. The molecular formula is C15H20N2O3. The third kappa shape index (κ3) is 2.36. The van der Waals surface area contributed by atoms with Crippen LogP contribution in [0.5, 0.6) is 11.5 Å². The molecule has 0 bridgehead atoms. The molecule has 0 spiro atoms. The van der Waals surface area contributed by atoms with Crippen LogP contribution in [0, 0.1) is 13.8 Å². The van der Waals surface area contributed by atoms with Gasteiger partial charge in [-0.25, -0.2) is 0 Å². The van der Waals surface area contributed by atoms with E-state index < -0.39 is 6.10 Å². The number of hydrogen-bond donors (Lipinski definition) is 1. The van der Waals surface area contributed by atoms with Crippen molar-refractivity contribution in [2.24, 2.45) is 7.05 Å². The van der Waals surface area contributed by atoms with E-state index in [-0.39, 0.29) is 0 Å². The van der Waals surface area contributed by atoms with Crippen molar-refractivity contribution in [1.29, 1.82) is 0 Å². The summed E-state index contributed by atoms with van der Waals surface area (Å²) in [7, 11) is 5.03. The van der Waals surface area contributed by atoms with Gasteiger partial charge in [0.2, 0.25) is 0 Å². The number of rotatable bonds is 4. The molecule has 2 aromatic rings. The predicted molar refractivity (Wildman–Crippen MR) is 76.3 cm³/mol. The lowest BCUT2D eigenvalue weighted by Gasteiger charge is -2.15. The van der Waals surface area contributed by atoms with Crippen LogP contribution in [0.2, 0.25) is 0 Å². The molecule has 1 atom stereocenters. The van der Waals surface area contributed by atoms with Gasteiger partial charge >= 0.3 is 0 Å². The third-order valence-corrected chi connectivity index (χ3v) is 3.56. The molecule has 1 heterocycles. The Morgan fingerprint density at radius 1 is 1.15 bits per heavy atom. The smallest absolute Gasteiger partial charge is 0.161 e. The lowest BCUT2D eigenvalue weighted by atomic mass is 9.99. The van der Waals surface area contributed by atoms with Crippen LogP contribution in [-0.2, 0) is 7.05 Å². The van der Waals surface area contributed by atoms with E-state index in [1.54, 1.807) is 31.0 Å².